The number of piperazine rings is 1. The summed E-state index contributed by atoms with van der Waals surface area (Å²) >= 11 is 0. The maximum absolute atomic E-state index is 11.0. The summed E-state index contributed by atoms with van der Waals surface area (Å²) in [6.45, 7) is 1.95. The van der Waals surface area contributed by atoms with Crippen LogP contribution in [0.15, 0.2) is 12.4 Å². The number of aromatic amines is 1. The zero-order chi connectivity index (χ0) is 10.7. The number of hydrogen-bond donors (Lipinski definition) is 3. The predicted octanol–water partition coefficient (Wildman–Crippen LogP) is -0.0960. The van der Waals surface area contributed by atoms with Crippen LogP contribution in [0, 0.1) is 0 Å². The maximum Gasteiger partial charge on any atom is 0.407 e. The van der Waals surface area contributed by atoms with Gasteiger partial charge in [0, 0.05) is 38.4 Å². The van der Waals surface area contributed by atoms with Crippen molar-refractivity contribution in [2.24, 2.45) is 0 Å². The van der Waals surface area contributed by atoms with E-state index in [0.29, 0.717) is 19.5 Å². The van der Waals surface area contributed by atoms with Crippen molar-refractivity contribution in [3.05, 3.63) is 18.2 Å². The van der Waals surface area contributed by atoms with Gasteiger partial charge in [0.15, 0.2) is 0 Å². The molecule has 1 saturated heterocycles. The van der Waals surface area contributed by atoms with E-state index in [1.54, 1.807) is 12.4 Å². The minimum atomic E-state index is -0.854. The van der Waals surface area contributed by atoms with Crippen molar-refractivity contribution in [2.75, 3.05) is 19.6 Å². The highest BCUT2D eigenvalue weighted by atomic mass is 16.4. The SMILES string of the molecule is O=C(O)N1CCNCC1Cc1ncc[nH]1. The fourth-order valence-electron chi connectivity index (χ4n) is 1.83. The van der Waals surface area contributed by atoms with Crippen LogP contribution < -0.4 is 5.32 Å². The summed E-state index contributed by atoms with van der Waals surface area (Å²) in [5, 5.41) is 12.2. The third kappa shape index (κ3) is 2.27. The predicted molar refractivity (Wildman–Crippen MR) is 53.7 cm³/mol. The molecule has 0 aliphatic carbocycles. The van der Waals surface area contributed by atoms with Gasteiger partial charge in [-0.05, 0) is 0 Å². The van der Waals surface area contributed by atoms with Crippen molar-refractivity contribution >= 4 is 6.09 Å². The molecular weight excluding hydrogens is 196 g/mol. The largest absolute Gasteiger partial charge is 0.465 e. The molecule has 1 amide bonds. The van der Waals surface area contributed by atoms with Crippen LogP contribution in [0.4, 0.5) is 4.79 Å². The zero-order valence-corrected chi connectivity index (χ0v) is 8.31. The molecule has 1 aromatic rings. The molecule has 1 aliphatic rings. The maximum atomic E-state index is 11.0. The van der Waals surface area contributed by atoms with Gasteiger partial charge in [-0.2, -0.15) is 0 Å². The van der Waals surface area contributed by atoms with Gasteiger partial charge >= 0.3 is 6.09 Å². The standard InChI is InChI=1S/C9H14N4O2/c14-9(15)13-4-3-10-6-7(13)5-8-11-1-2-12-8/h1-2,7,10H,3-6H2,(H,11,12)(H,14,15). The smallest absolute Gasteiger partial charge is 0.407 e. The molecule has 15 heavy (non-hydrogen) atoms. The van der Waals surface area contributed by atoms with Crippen LogP contribution >= 0.6 is 0 Å². The molecule has 0 saturated carbocycles. The summed E-state index contributed by atoms with van der Waals surface area (Å²) < 4.78 is 0. The molecule has 0 aromatic carbocycles. The fraction of sp³-hybridized carbons (Fsp3) is 0.556. The molecule has 1 atom stereocenters. The summed E-state index contributed by atoms with van der Waals surface area (Å²) in [4.78, 5) is 19.5. The number of carbonyl (C=O) groups is 1. The lowest BCUT2D eigenvalue weighted by atomic mass is 10.1. The van der Waals surface area contributed by atoms with E-state index in [9.17, 15) is 4.79 Å². The number of H-pyrrole nitrogens is 1. The summed E-state index contributed by atoms with van der Waals surface area (Å²) in [7, 11) is 0. The first-order valence-corrected chi connectivity index (χ1v) is 4.96. The number of hydrogen-bond acceptors (Lipinski definition) is 3. The molecule has 2 rings (SSSR count). The van der Waals surface area contributed by atoms with Crippen LogP contribution in [-0.4, -0.2) is 51.7 Å². The highest BCUT2D eigenvalue weighted by Gasteiger charge is 2.26. The van der Waals surface area contributed by atoms with Gasteiger partial charge in [-0.15, -0.1) is 0 Å². The van der Waals surface area contributed by atoms with Gasteiger partial charge in [0.25, 0.3) is 0 Å². The van der Waals surface area contributed by atoms with Crippen LogP contribution in [0.5, 0.6) is 0 Å². The monoisotopic (exact) mass is 210 g/mol. The van der Waals surface area contributed by atoms with E-state index in [0.717, 1.165) is 12.4 Å². The van der Waals surface area contributed by atoms with Gasteiger partial charge in [-0.25, -0.2) is 9.78 Å². The number of amides is 1. The normalized spacial score (nSPS) is 21.6. The van der Waals surface area contributed by atoms with Gasteiger partial charge in [-0.1, -0.05) is 0 Å². The van der Waals surface area contributed by atoms with Crippen molar-refractivity contribution in [3.8, 4) is 0 Å². The second kappa shape index (κ2) is 4.31. The Morgan fingerprint density at radius 3 is 3.27 bits per heavy atom. The van der Waals surface area contributed by atoms with E-state index >= 15 is 0 Å². The Morgan fingerprint density at radius 1 is 1.73 bits per heavy atom. The number of rotatable bonds is 2. The Balaban J connectivity index is 2.02. The van der Waals surface area contributed by atoms with Gasteiger partial charge in [-0.3, -0.25) is 0 Å². The van der Waals surface area contributed by atoms with Crippen LogP contribution in [0.2, 0.25) is 0 Å². The van der Waals surface area contributed by atoms with Crippen molar-refractivity contribution in [2.45, 2.75) is 12.5 Å². The Bertz CT molecular complexity index is 325. The van der Waals surface area contributed by atoms with E-state index in [2.05, 4.69) is 15.3 Å². The lowest BCUT2D eigenvalue weighted by Crippen LogP contribution is -2.54. The third-order valence-corrected chi connectivity index (χ3v) is 2.58. The van der Waals surface area contributed by atoms with E-state index in [4.69, 9.17) is 5.11 Å². The molecule has 3 N–H and O–H groups in total. The van der Waals surface area contributed by atoms with Gasteiger partial charge in [0.1, 0.15) is 5.82 Å². The molecule has 0 bridgehead atoms. The second-order valence-corrected chi connectivity index (χ2v) is 3.57. The first kappa shape index (κ1) is 9.97. The molecule has 6 heteroatoms. The number of nitrogens with one attached hydrogen (secondary N) is 2. The lowest BCUT2D eigenvalue weighted by Gasteiger charge is -2.33. The second-order valence-electron chi connectivity index (χ2n) is 3.57. The molecule has 1 unspecified atom stereocenters. The molecule has 0 spiro atoms. The van der Waals surface area contributed by atoms with Crippen LogP contribution in [0.1, 0.15) is 5.82 Å². The van der Waals surface area contributed by atoms with Crippen LogP contribution in [-0.2, 0) is 6.42 Å². The van der Waals surface area contributed by atoms with Gasteiger partial charge in [0.05, 0.1) is 6.04 Å². The van der Waals surface area contributed by atoms with Crippen molar-refractivity contribution in [1.29, 1.82) is 0 Å². The van der Waals surface area contributed by atoms with E-state index in [1.807, 2.05) is 0 Å². The van der Waals surface area contributed by atoms with E-state index in [1.165, 1.54) is 4.90 Å². The number of aromatic nitrogens is 2. The van der Waals surface area contributed by atoms with E-state index in [-0.39, 0.29) is 6.04 Å². The lowest BCUT2D eigenvalue weighted by molar-refractivity contribution is 0.111. The topological polar surface area (TPSA) is 81.2 Å². The third-order valence-electron chi connectivity index (χ3n) is 2.58. The molecule has 2 heterocycles. The number of nitrogens with zero attached hydrogens (tertiary/aromatic N) is 2. The Labute approximate surface area is 87.3 Å². The van der Waals surface area contributed by atoms with Crippen molar-refractivity contribution in [3.63, 3.8) is 0 Å². The molecule has 6 nitrogen and oxygen atoms in total. The molecule has 1 aromatic heterocycles. The Kier molecular flexibility index (Phi) is 2.86. The summed E-state index contributed by atoms with van der Waals surface area (Å²) in [5.74, 6) is 0.829. The molecule has 0 radical (unpaired) electrons. The summed E-state index contributed by atoms with van der Waals surface area (Å²) in [6, 6.07) is -0.0256. The fourth-order valence-corrected chi connectivity index (χ4v) is 1.83. The minimum absolute atomic E-state index is 0.0256. The van der Waals surface area contributed by atoms with Crippen LogP contribution in [0.3, 0.4) is 0 Å². The Hall–Kier alpha value is -1.56. The first-order valence-electron chi connectivity index (χ1n) is 4.96. The molecular formula is C9H14N4O2. The molecule has 1 fully saturated rings. The Morgan fingerprint density at radius 2 is 2.60 bits per heavy atom. The minimum Gasteiger partial charge on any atom is -0.465 e. The number of imidazole rings is 1. The summed E-state index contributed by atoms with van der Waals surface area (Å²) in [5.41, 5.74) is 0. The average molecular weight is 210 g/mol. The summed E-state index contributed by atoms with van der Waals surface area (Å²) in [6.07, 6.45) is 3.20. The highest BCUT2D eigenvalue weighted by Crippen LogP contribution is 2.08. The van der Waals surface area contributed by atoms with Gasteiger partial charge < -0.3 is 20.3 Å². The average Bonchev–Trinajstić information content (AvgIpc) is 2.71. The molecule has 82 valence electrons. The highest BCUT2D eigenvalue weighted by molar-refractivity contribution is 5.65. The zero-order valence-electron chi connectivity index (χ0n) is 8.31. The van der Waals surface area contributed by atoms with Crippen molar-refractivity contribution in [1.82, 2.24) is 20.2 Å². The van der Waals surface area contributed by atoms with Crippen LogP contribution in [0.25, 0.3) is 0 Å². The first-order chi connectivity index (χ1) is 7.27. The van der Waals surface area contributed by atoms with Crippen molar-refractivity contribution < 1.29 is 9.90 Å². The molecule has 1 aliphatic heterocycles. The number of carboxylic acid groups (broad SMARTS) is 1. The van der Waals surface area contributed by atoms with E-state index < -0.39 is 6.09 Å². The quantitative estimate of drug-likeness (QED) is 0.637. The van der Waals surface area contributed by atoms with Gasteiger partial charge in [0.2, 0.25) is 0 Å².